The van der Waals surface area contributed by atoms with Gasteiger partial charge in [0.25, 0.3) is 0 Å². The van der Waals surface area contributed by atoms with E-state index in [1.54, 1.807) is 11.8 Å². The molecule has 0 aromatic rings. The number of nitrogens with one attached hydrogen (secondary N) is 1. The average molecular weight is 230 g/mol. The van der Waals surface area contributed by atoms with Gasteiger partial charge >= 0.3 is 0 Å². The highest BCUT2D eigenvalue weighted by Gasteiger charge is 2.37. The van der Waals surface area contributed by atoms with Crippen LogP contribution in [0.5, 0.6) is 0 Å². The fraction of sp³-hybridized carbons (Fsp3) is 0.909. The Labute approximate surface area is 97.0 Å². The second-order valence-corrected chi connectivity index (χ2v) is 6.25. The van der Waals surface area contributed by atoms with Crippen molar-refractivity contribution in [3.8, 4) is 0 Å². The van der Waals surface area contributed by atoms with Crippen molar-refractivity contribution in [2.24, 2.45) is 0 Å². The van der Waals surface area contributed by atoms with Crippen molar-refractivity contribution in [1.29, 1.82) is 0 Å². The van der Waals surface area contributed by atoms with Crippen molar-refractivity contribution in [1.82, 2.24) is 10.2 Å². The van der Waals surface area contributed by atoms with Gasteiger partial charge in [-0.1, -0.05) is 6.92 Å². The van der Waals surface area contributed by atoms with Crippen LogP contribution in [0.25, 0.3) is 0 Å². The van der Waals surface area contributed by atoms with E-state index in [2.05, 4.69) is 32.3 Å². The molecule has 0 aromatic heterocycles. The van der Waals surface area contributed by atoms with E-state index in [0.29, 0.717) is 0 Å². The number of amides is 1. The van der Waals surface area contributed by atoms with Gasteiger partial charge in [0.1, 0.15) is 0 Å². The number of carbonyl (C=O) groups excluding carboxylic acids is 1. The van der Waals surface area contributed by atoms with Crippen LogP contribution in [0, 0.1) is 0 Å². The van der Waals surface area contributed by atoms with Crippen LogP contribution in [-0.4, -0.2) is 40.6 Å². The molecule has 1 aliphatic heterocycles. The summed E-state index contributed by atoms with van der Waals surface area (Å²) in [5, 5.41) is 3.32. The van der Waals surface area contributed by atoms with Gasteiger partial charge in [0.15, 0.2) is 0 Å². The number of thioether (sulfide) groups is 1. The number of hydrogen-bond donors (Lipinski definition) is 1. The van der Waals surface area contributed by atoms with Crippen LogP contribution in [0.3, 0.4) is 0 Å². The Kier molecular flexibility index (Phi) is 4.06. The van der Waals surface area contributed by atoms with E-state index in [-0.39, 0.29) is 22.9 Å². The van der Waals surface area contributed by atoms with Crippen LogP contribution in [0.2, 0.25) is 0 Å². The van der Waals surface area contributed by atoms with Gasteiger partial charge in [0.2, 0.25) is 5.91 Å². The normalized spacial score (nSPS) is 27.5. The summed E-state index contributed by atoms with van der Waals surface area (Å²) >= 11 is 1.81. The second kappa shape index (κ2) is 4.74. The molecule has 0 aromatic carbocycles. The van der Waals surface area contributed by atoms with Crippen molar-refractivity contribution in [3.63, 3.8) is 0 Å². The summed E-state index contributed by atoms with van der Waals surface area (Å²) in [6.45, 7) is 9.28. The fourth-order valence-corrected chi connectivity index (χ4v) is 2.09. The van der Waals surface area contributed by atoms with Gasteiger partial charge in [-0.05, 0) is 33.4 Å². The predicted molar refractivity (Wildman–Crippen MR) is 66.0 cm³/mol. The third kappa shape index (κ3) is 2.88. The molecule has 1 rings (SSSR count). The lowest BCUT2D eigenvalue weighted by Crippen LogP contribution is -2.42. The zero-order valence-electron chi connectivity index (χ0n) is 10.3. The molecule has 1 aliphatic rings. The molecule has 0 aliphatic carbocycles. The van der Waals surface area contributed by atoms with Crippen LogP contribution in [0.15, 0.2) is 0 Å². The monoisotopic (exact) mass is 230 g/mol. The molecule has 1 N–H and O–H groups in total. The summed E-state index contributed by atoms with van der Waals surface area (Å²) in [6.07, 6.45) is 3.14. The summed E-state index contributed by atoms with van der Waals surface area (Å²) in [6, 6.07) is 0.0256. The standard InChI is InChI=1S/C11H22N2OS/c1-6-9-10(14)13(8(2)12-9)7-11(3,4)15-5/h8-9,12H,6-7H2,1-5H3. The zero-order valence-corrected chi connectivity index (χ0v) is 11.1. The maximum absolute atomic E-state index is 12.0. The summed E-state index contributed by atoms with van der Waals surface area (Å²) in [7, 11) is 0. The fourth-order valence-electron chi connectivity index (χ4n) is 1.83. The lowest BCUT2D eigenvalue weighted by molar-refractivity contribution is -0.130. The lowest BCUT2D eigenvalue weighted by atomic mass is 10.1. The molecule has 1 heterocycles. The van der Waals surface area contributed by atoms with Gasteiger partial charge in [-0.2, -0.15) is 11.8 Å². The molecule has 1 saturated heterocycles. The molecule has 1 fully saturated rings. The molecule has 0 bridgehead atoms. The minimum absolute atomic E-state index is 0.0256. The second-order valence-electron chi connectivity index (χ2n) is 4.73. The van der Waals surface area contributed by atoms with Crippen molar-refractivity contribution in [2.45, 2.75) is 51.1 Å². The van der Waals surface area contributed by atoms with Crippen LogP contribution >= 0.6 is 11.8 Å². The molecular formula is C11H22N2OS. The van der Waals surface area contributed by atoms with E-state index in [1.165, 1.54) is 0 Å². The largest absolute Gasteiger partial charge is 0.325 e. The van der Waals surface area contributed by atoms with E-state index < -0.39 is 0 Å². The molecule has 0 spiro atoms. The summed E-state index contributed by atoms with van der Waals surface area (Å²) in [4.78, 5) is 14.0. The third-order valence-corrected chi connectivity index (χ3v) is 4.24. The van der Waals surface area contributed by atoms with Crippen LogP contribution in [0.4, 0.5) is 0 Å². The maximum Gasteiger partial charge on any atom is 0.241 e. The van der Waals surface area contributed by atoms with Crippen LogP contribution < -0.4 is 5.32 Å². The lowest BCUT2D eigenvalue weighted by Gasteiger charge is -2.30. The predicted octanol–water partition coefficient (Wildman–Crippen LogP) is 1.68. The van der Waals surface area contributed by atoms with E-state index >= 15 is 0 Å². The molecule has 0 saturated carbocycles. The first-order valence-corrected chi connectivity index (χ1v) is 6.75. The van der Waals surface area contributed by atoms with E-state index in [4.69, 9.17) is 0 Å². The Balaban J connectivity index is 2.66. The third-order valence-electron chi connectivity index (χ3n) is 3.00. The first-order valence-electron chi connectivity index (χ1n) is 5.53. The first-order chi connectivity index (χ1) is 6.91. The maximum atomic E-state index is 12.0. The number of carbonyl (C=O) groups is 1. The first kappa shape index (κ1) is 12.8. The minimum atomic E-state index is 0.0256. The molecule has 1 amide bonds. The summed E-state index contributed by atoms with van der Waals surface area (Å²) in [5.74, 6) is 0.257. The quantitative estimate of drug-likeness (QED) is 0.797. The van der Waals surface area contributed by atoms with Crippen LogP contribution in [0.1, 0.15) is 34.1 Å². The molecule has 0 radical (unpaired) electrons. The Morgan fingerprint density at radius 1 is 1.53 bits per heavy atom. The molecule has 2 unspecified atom stereocenters. The topological polar surface area (TPSA) is 32.3 Å². The Morgan fingerprint density at radius 3 is 2.53 bits per heavy atom. The van der Waals surface area contributed by atoms with Crippen molar-refractivity contribution < 1.29 is 4.79 Å². The summed E-state index contributed by atoms with van der Waals surface area (Å²) in [5.41, 5.74) is 0. The van der Waals surface area contributed by atoms with E-state index in [1.807, 2.05) is 11.8 Å². The van der Waals surface area contributed by atoms with Gasteiger partial charge in [-0.25, -0.2) is 0 Å². The Morgan fingerprint density at radius 2 is 2.13 bits per heavy atom. The molecule has 3 nitrogen and oxygen atoms in total. The molecule has 4 heteroatoms. The number of hydrogen-bond acceptors (Lipinski definition) is 3. The number of nitrogens with zero attached hydrogens (tertiary/aromatic N) is 1. The Hall–Kier alpha value is -0.220. The summed E-state index contributed by atoms with van der Waals surface area (Å²) < 4.78 is 0.133. The molecule has 15 heavy (non-hydrogen) atoms. The van der Waals surface area contributed by atoms with Gasteiger partial charge in [0, 0.05) is 11.3 Å². The average Bonchev–Trinajstić information content (AvgIpc) is 2.45. The number of rotatable bonds is 4. The molecule has 2 atom stereocenters. The minimum Gasteiger partial charge on any atom is -0.325 e. The van der Waals surface area contributed by atoms with Crippen molar-refractivity contribution in [3.05, 3.63) is 0 Å². The van der Waals surface area contributed by atoms with Crippen molar-refractivity contribution in [2.75, 3.05) is 12.8 Å². The zero-order chi connectivity index (χ0) is 11.6. The molecular weight excluding hydrogens is 208 g/mol. The van der Waals surface area contributed by atoms with Crippen molar-refractivity contribution >= 4 is 17.7 Å². The van der Waals surface area contributed by atoms with Crippen LogP contribution in [-0.2, 0) is 4.79 Å². The van der Waals surface area contributed by atoms with E-state index in [0.717, 1.165) is 13.0 Å². The Bertz CT molecular complexity index is 243. The van der Waals surface area contributed by atoms with Gasteiger partial charge in [-0.15, -0.1) is 0 Å². The van der Waals surface area contributed by atoms with Gasteiger partial charge in [-0.3, -0.25) is 10.1 Å². The highest BCUT2D eigenvalue weighted by atomic mass is 32.2. The van der Waals surface area contributed by atoms with E-state index in [9.17, 15) is 4.79 Å². The van der Waals surface area contributed by atoms with Gasteiger partial charge < -0.3 is 4.90 Å². The highest BCUT2D eigenvalue weighted by Crippen LogP contribution is 2.25. The SMILES string of the molecule is CCC1NC(C)N(CC(C)(C)SC)C1=O. The van der Waals surface area contributed by atoms with Gasteiger partial charge in [0.05, 0.1) is 12.2 Å². The smallest absolute Gasteiger partial charge is 0.241 e. The highest BCUT2D eigenvalue weighted by molar-refractivity contribution is 7.99. The molecule has 88 valence electrons.